The van der Waals surface area contributed by atoms with Gasteiger partial charge in [-0.1, -0.05) is 30.2 Å². The molecule has 2 aromatic rings. The number of cyclic esters (lactones) is 1. The van der Waals surface area contributed by atoms with E-state index in [0.717, 1.165) is 11.1 Å². The molecular weight excluding hydrogens is 370 g/mol. The Balaban J connectivity index is 1.74. The van der Waals surface area contributed by atoms with Gasteiger partial charge in [0.1, 0.15) is 6.10 Å². The minimum atomic E-state index is -0.445. The summed E-state index contributed by atoms with van der Waals surface area (Å²) >= 11 is 0. The smallest absolute Gasteiger partial charge is 0.414 e. The van der Waals surface area contributed by atoms with Crippen molar-refractivity contribution in [2.45, 2.75) is 13.0 Å². The summed E-state index contributed by atoms with van der Waals surface area (Å²) in [6.07, 6.45) is 4.39. The number of hydrogen-bond donors (Lipinski definition) is 2. The average Bonchev–Trinajstić information content (AvgIpc) is 2.98. The number of carbonyl (C=O) groups excluding carboxylic acids is 2. The largest absolute Gasteiger partial charge is 0.442 e. The van der Waals surface area contributed by atoms with E-state index in [1.165, 1.54) is 17.9 Å². The lowest BCUT2D eigenvalue weighted by Crippen LogP contribution is -2.33. The summed E-state index contributed by atoms with van der Waals surface area (Å²) in [6, 6.07) is 14.2. The van der Waals surface area contributed by atoms with Gasteiger partial charge in [-0.3, -0.25) is 14.5 Å². The van der Waals surface area contributed by atoms with Gasteiger partial charge in [0.2, 0.25) is 11.3 Å². The summed E-state index contributed by atoms with van der Waals surface area (Å²) in [5.74, 6) is 2.27. The molecule has 0 radical (unpaired) electrons. The highest BCUT2D eigenvalue weighted by atomic mass is 16.6. The Morgan fingerprint density at radius 3 is 2.45 bits per heavy atom. The summed E-state index contributed by atoms with van der Waals surface area (Å²) in [4.78, 5) is 36.8. The van der Waals surface area contributed by atoms with Crippen molar-refractivity contribution in [1.29, 1.82) is 0 Å². The highest BCUT2D eigenvalue weighted by Crippen LogP contribution is 2.26. The Kier molecular flexibility index (Phi) is 6.15. The molecule has 7 heteroatoms. The standard InChI is InChI=1S/C22H21N3O4/c1-3-12-23-20-10-6-17(7-11-21(20)27)16-4-8-18(9-5-16)25-14-19(29-22(25)28)13-24-15(2)26/h1,4-11,19H,12-14H2,2H3,(H,23,27)(H,24,26). The van der Waals surface area contributed by atoms with Crippen LogP contribution < -0.4 is 21.0 Å². The van der Waals surface area contributed by atoms with Crippen molar-refractivity contribution in [1.82, 2.24) is 5.32 Å². The molecule has 2 amide bonds. The van der Waals surface area contributed by atoms with Gasteiger partial charge in [0.15, 0.2) is 0 Å². The first kappa shape index (κ1) is 20.0. The van der Waals surface area contributed by atoms with Crippen LogP contribution in [0.25, 0.3) is 11.1 Å². The van der Waals surface area contributed by atoms with E-state index in [1.54, 1.807) is 12.1 Å². The molecular formula is C22H21N3O4. The molecule has 1 unspecified atom stereocenters. The van der Waals surface area contributed by atoms with Gasteiger partial charge in [0.25, 0.3) is 0 Å². The quantitative estimate of drug-likeness (QED) is 0.738. The van der Waals surface area contributed by atoms with Gasteiger partial charge < -0.3 is 15.4 Å². The maximum atomic E-state index is 12.1. The molecule has 2 N–H and O–H groups in total. The number of benzene rings is 1. The Bertz CT molecular complexity index is 1010. The Hall–Kier alpha value is -3.79. The van der Waals surface area contributed by atoms with Crippen molar-refractivity contribution in [2.24, 2.45) is 0 Å². The van der Waals surface area contributed by atoms with Crippen LogP contribution in [0.15, 0.2) is 53.3 Å². The molecule has 2 aromatic carbocycles. The van der Waals surface area contributed by atoms with Gasteiger partial charge >= 0.3 is 6.09 Å². The van der Waals surface area contributed by atoms with E-state index in [4.69, 9.17) is 11.2 Å². The second-order valence-electron chi connectivity index (χ2n) is 6.56. The number of rotatable bonds is 6. The summed E-state index contributed by atoms with van der Waals surface area (Å²) in [7, 11) is 0. The van der Waals surface area contributed by atoms with Crippen LogP contribution in [0.4, 0.5) is 16.2 Å². The van der Waals surface area contributed by atoms with Gasteiger partial charge in [-0.05, 0) is 35.4 Å². The SMILES string of the molecule is C#CCNc1ccc(-c2ccc(N3CC(CNC(C)=O)OC3=O)cc2)ccc1=O. The highest BCUT2D eigenvalue weighted by Gasteiger charge is 2.32. The monoisotopic (exact) mass is 391 g/mol. The first-order chi connectivity index (χ1) is 14.0. The second kappa shape index (κ2) is 8.93. The van der Waals surface area contributed by atoms with Gasteiger partial charge in [-0.25, -0.2) is 4.79 Å². The minimum absolute atomic E-state index is 0.145. The molecule has 3 rings (SSSR count). The molecule has 0 aliphatic carbocycles. The first-order valence-corrected chi connectivity index (χ1v) is 9.12. The van der Waals surface area contributed by atoms with Crippen LogP contribution >= 0.6 is 0 Å². The molecule has 0 aromatic heterocycles. The van der Waals surface area contributed by atoms with E-state index in [9.17, 15) is 14.4 Å². The fourth-order valence-corrected chi connectivity index (χ4v) is 2.98. The van der Waals surface area contributed by atoms with Crippen molar-refractivity contribution in [3.8, 4) is 23.5 Å². The topological polar surface area (TPSA) is 87.7 Å². The molecule has 1 atom stereocenters. The maximum absolute atomic E-state index is 12.1. The van der Waals surface area contributed by atoms with Gasteiger partial charge in [-0.2, -0.15) is 0 Å². The molecule has 7 nitrogen and oxygen atoms in total. The molecule has 0 spiro atoms. The predicted molar refractivity (Wildman–Crippen MR) is 112 cm³/mol. The molecule has 1 fully saturated rings. The van der Waals surface area contributed by atoms with Crippen molar-refractivity contribution in [2.75, 3.05) is 29.9 Å². The Labute approximate surface area is 168 Å². The number of nitrogens with zero attached hydrogens (tertiary/aromatic N) is 1. The van der Waals surface area contributed by atoms with E-state index in [-0.39, 0.29) is 30.5 Å². The number of anilines is 2. The summed E-state index contributed by atoms with van der Waals surface area (Å²) < 4.78 is 5.28. The van der Waals surface area contributed by atoms with Crippen LogP contribution in [-0.4, -0.2) is 37.7 Å². The molecule has 29 heavy (non-hydrogen) atoms. The van der Waals surface area contributed by atoms with Gasteiger partial charge in [-0.15, -0.1) is 6.42 Å². The summed E-state index contributed by atoms with van der Waals surface area (Å²) in [5, 5.41) is 5.55. The van der Waals surface area contributed by atoms with E-state index in [2.05, 4.69) is 16.6 Å². The molecule has 0 bridgehead atoms. The van der Waals surface area contributed by atoms with Gasteiger partial charge in [0.05, 0.1) is 25.3 Å². The lowest BCUT2D eigenvalue weighted by Gasteiger charge is -2.13. The van der Waals surface area contributed by atoms with Crippen LogP contribution in [0.1, 0.15) is 6.92 Å². The van der Waals surface area contributed by atoms with Crippen LogP contribution in [0.2, 0.25) is 0 Å². The third-order valence-electron chi connectivity index (χ3n) is 4.46. The molecule has 0 saturated carbocycles. The zero-order valence-electron chi connectivity index (χ0n) is 16.0. The van der Waals surface area contributed by atoms with Crippen molar-refractivity contribution < 1.29 is 14.3 Å². The number of nitrogens with one attached hydrogen (secondary N) is 2. The van der Waals surface area contributed by atoms with E-state index in [1.807, 2.05) is 30.3 Å². The number of amides is 2. The van der Waals surface area contributed by atoms with E-state index in [0.29, 0.717) is 17.9 Å². The van der Waals surface area contributed by atoms with E-state index < -0.39 is 6.09 Å². The third kappa shape index (κ3) is 4.93. The van der Waals surface area contributed by atoms with Crippen LogP contribution in [0, 0.1) is 12.3 Å². The zero-order chi connectivity index (χ0) is 20.8. The molecule has 1 heterocycles. The minimum Gasteiger partial charge on any atom is -0.442 e. The highest BCUT2D eigenvalue weighted by molar-refractivity contribution is 5.90. The number of terminal acetylenes is 1. The first-order valence-electron chi connectivity index (χ1n) is 9.12. The van der Waals surface area contributed by atoms with Gasteiger partial charge in [0, 0.05) is 12.6 Å². The second-order valence-corrected chi connectivity index (χ2v) is 6.56. The zero-order valence-corrected chi connectivity index (χ0v) is 16.0. The summed E-state index contributed by atoms with van der Waals surface area (Å²) in [6.45, 7) is 2.34. The van der Waals surface area contributed by atoms with Crippen molar-refractivity contribution in [3.63, 3.8) is 0 Å². The van der Waals surface area contributed by atoms with Crippen molar-refractivity contribution >= 4 is 23.4 Å². The maximum Gasteiger partial charge on any atom is 0.414 e. The molecule has 148 valence electrons. The number of hydrogen-bond acceptors (Lipinski definition) is 5. The van der Waals surface area contributed by atoms with E-state index >= 15 is 0 Å². The van der Waals surface area contributed by atoms with Crippen LogP contribution in [0.3, 0.4) is 0 Å². The predicted octanol–water partition coefficient (Wildman–Crippen LogP) is 2.22. The Morgan fingerprint density at radius 1 is 1.14 bits per heavy atom. The lowest BCUT2D eigenvalue weighted by molar-refractivity contribution is -0.119. The Morgan fingerprint density at radius 2 is 1.79 bits per heavy atom. The molecule has 1 aliphatic rings. The fraction of sp³-hybridized carbons (Fsp3) is 0.227. The number of ether oxygens (including phenoxy) is 1. The molecule has 1 saturated heterocycles. The van der Waals surface area contributed by atoms with Crippen LogP contribution in [0.5, 0.6) is 0 Å². The summed E-state index contributed by atoms with van der Waals surface area (Å²) in [5.41, 5.74) is 2.75. The normalized spacial score (nSPS) is 15.4. The van der Waals surface area contributed by atoms with Crippen molar-refractivity contribution in [3.05, 3.63) is 58.8 Å². The fourth-order valence-electron chi connectivity index (χ4n) is 2.98. The van der Waals surface area contributed by atoms with Crippen LogP contribution in [-0.2, 0) is 9.53 Å². The number of carbonyl (C=O) groups is 2. The third-order valence-corrected chi connectivity index (χ3v) is 4.46. The average molecular weight is 391 g/mol. The lowest BCUT2D eigenvalue weighted by atomic mass is 10.1. The molecule has 1 aliphatic heterocycles.